The Labute approximate surface area is 161 Å². The Morgan fingerprint density at radius 3 is 2.07 bits per heavy atom. The molecule has 0 fully saturated rings. The number of carbonyl (C=O) groups excluding carboxylic acids is 2. The fourth-order valence-corrected chi connectivity index (χ4v) is 2.84. The number of hydrogen-bond acceptors (Lipinski definition) is 3. The summed E-state index contributed by atoms with van der Waals surface area (Å²) in [5.41, 5.74) is 3.25. The van der Waals surface area contributed by atoms with Crippen molar-refractivity contribution in [3.05, 3.63) is 65.2 Å². The monoisotopic (exact) mass is 368 g/mol. The average molecular weight is 368 g/mol. The molecule has 0 aromatic heterocycles. The summed E-state index contributed by atoms with van der Waals surface area (Å²) in [4.78, 5) is 26.8. The summed E-state index contributed by atoms with van der Waals surface area (Å²) < 4.78 is 5.65. The van der Waals surface area contributed by atoms with E-state index in [2.05, 4.69) is 5.32 Å². The van der Waals surface area contributed by atoms with Crippen molar-refractivity contribution in [1.82, 2.24) is 10.2 Å². The number of amides is 2. The second-order valence-corrected chi connectivity index (χ2v) is 6.65. The van der Waals surface area contributed by atoms with Gasteiger partial charge in [-0.15, -0.1) is 0 Å². The first kappa shape index (κ1) is 20.5. The van der Waals surface area contributed by atoms with Crippen molar-refractivity contribution in [2.75, 3.05) is 13.7 Å². The van der Waals surface area contributed by atoms with Crippen LogP contribution in [-0.4, -0.2) is 36.4 Å². The zero-order valence-corrected chi connectivity index (χ0v) is 16.5. The maximum atomic E-state index is 12.9. The van der Waals surface area contributed by atoms with E-state index in [1.165, 1.54) is 0 Å². The van der Waals surface area contributed by atoms with E-state index in [1.54, 1.807) is 11.9 Å². The molecule has 2 amide bonds. The lowest BCUT2D eigenvalue weighted by molar-refractivity contribution is -0.142. The number of likely N-dealkylation sites (N-methyl/N-ethyl adjacent to an activating group) is 1. The maximum Gasteiger partial charge on any atom is 0.261 e. The Morgan fingerprint density at radius 1 is 1.00 bits per heavy atom. The lowest BCUT2D eigenvalue weighted by Crippen LogP contribution is -2.49. The highest BCUT2D eigenvalue weighted by molar-refractivity contribution is 5.88. The molecule has 2 aromatic rings. The maximum absolute atomic E-state index is 12.9. The molecule has 5 heteroatoms. The van der Waals surface area contributed by atoms with Crippen LogP contribution in [0.1, 0.15) is 30.0 Å². The van der Waals surface area contributed by atoms with Crippen molar-refractivity contribution in [3.63, 3.8) is 0 Å². The van der Waals surface area contributed by atoms with Gasteiger partial charge in [-0.1, -0.05) is 54.4 Å². The number of nitrogens with one attached hydrogen (secondary N) is 1. The van der Waals surface area contributed by atoms with E-state index in [1.807, 2.05) is 69.3 Å². The second kappa shape index (κ2) is 9.76. The fourth-order valence-electron chi connectivity index (χ4n) is 2.84. The topological polar surface area (TPSA) is 58.6 Å². The van der Waals surface area contributed by atoms with Crippen LogP contribution in [-0.2, 0) is 16.1 Å². The van der Waals surface area contributed by atoms with E-state index in [0.29, 0.717) is 18.7 Å². The molecule has 0 spiro atoms. The lowest BCUT2D eigenvalue weighted by Gasteiger charge is -2.30. The number of carbonyl (C=O) groups is 2. The summed E-state index contributed by atoms with van der Waals surface area (Å²) in [5, 5.41) is 2.65. The standard InChI is InChI=1S/C22H28N2O3/c1-5-20(22(26)23-4)24(14-18-10-6-16(2)7-11-18)21(25)15-27-19-12-8-17(3)9-13-19/h6-13,20H,5,14-15H2,1-4H3,(H,23,26). The van der Waals surface area contributed by atoms with E-state index in [9.17, 15) is 9.59 Å². The third-order valence-corrected chi connectivity index (χ3v) is 4.49. The van der Waals surface area contributed by atoms with Crippen LogP contribution in [0.2, 0.25) is 0 Å². The highest BCUT2D eigenvalue weighted by Gasteiger charge is 2.28. The first-order valence-corrected chi connectivity index (χ1v) is 9.20. The van der Waals surface area contributed by atoms with Gasteiger partial charge in [0, 0.05) is 13.6 Å². The predicted octanol–water partition coefficient (Wildman–Crippen LogP) is 3.24. The van der Waals surface area contributed by atoms with Crippen molar-refractivity contribution in [3.8, 4) is 5.75 Å². The van der Waals surface area contributed by atoms with Gasteiger partial charge in [-0.05, 0) is 38.0 Å². The van der Waals surface area contributed by atoms with Crippen molar-refractivity contribution in [1.29, 1.82) is 0 Å². The van der Waals surface area contributed by atoms with E-state index in [0.717, 1.165) is 16.7 Å². The van der Waals surface area contributed by atoms with Gasteiger partial charge in [-0.25, -0.2) is 0 Å². The number of benzene rings is 2. The van der Waals surface area contributed by atoms with Crippen molar-refractivity contribution < 1.29 is 14.3 Å². The number of ether oxygens (including phenoxy) is 1. The van der Waals surface area contributed by atoms with Crippen LogP contribution in [0.4, 0.5) is 0 Å². The highest BCUT2D eigenvalue weighted by Crippen LogP contribution is 2.15. The molecule has 0 aliphatic heterocycles. The zero-order chi connectivity index (χ0) is 19.8. The summed E-state index contributed by atoms with van der Waals surface area (Å²) in [6, 6.07) is 15.0. The van der Waals surface area contributed by atoms with Crippen molar-refractivity contribution in [2.45, 2.75) is 39.8 Å². The molecule has 0 bridgehead atoms. The average Bonchev–Trinajstić information content (AvgIpc) is 2.68. The molecular formula is C22H28N2O3. The summed E-state index contributed by atoms with van der Waals surface area (Å²) >= 11 is 0. The molecule has 1 atom stereocenters. The second-order valence-electron chi connectivity index (χ2n) is 6.65. The molecule has 1 N–H and O–H groups in total. The van der Waals surface area contributed by atoms with Gasteiger partial charge in [-0.3, -0.25) is 9.59 Å². The molecule has 144 valence electrons. The molecule has 0 heterocycles. The Balaban J connectivity index is 2.15. The lowest BCUT2D eigenvalue weighted by atomic mass is 10.1. The molecule has 2 aromatic carbocycles. The molecule has 0 radical (unpaired) electrons. The van der Waals surface area contributed by atoms with Gasteiger partial charge in [0.2, 0.25) is 5.91 Å². The van der Waals surface area contributed by atoms with Crippen LogP contribution in [0, 0.1) is 13.8 Å². The summed E-state index contributed by atoms with van der Waals surface area (Å²) in [7, 11) is 1.59. The summed E-state index contributed by atoms with van der Waals surface area (Å²) in [5.74, 6) is 0.247. The molecule has 0 saturated heterocycles. The molecule has 0 aliphatic rings. The number of rotatable bonds is 8. The molecule has 1 unspecified atom stereocenters. The summed E-state index contributed by atoms with van der Waals surface area (Å²) in [6.07, 6.45) is 0.530. The smallest absolute Gasteiger partial charge is 0.261 e. The Kier molecular flexibility index (Phi) is 7.41. The molecule has 27 heavy (non-hydrogen) atoms. The highest BCUT2D eigenvalue weighted by atomic mass is 16.5. The third-order valence-electron chi connectivity index (χ3n) is 4.49. The van der Waals surface area contributed by atoms with Gasteiger partial charge >= 0.3 is 0 Å². The minimum Gasteiger partial charge on any atom is -0.484 e. The van der Waals surface area contributed by atoms with E-state index in [-0.39, 0.29) is 18.4 Å². The number of hydrogen-bond donors (Lipinski definition) is 1. The van der Waals surface area contributed by atoms with Gasteiger partial charge in [-0.2, -0.15) is 0 Å². The van der Waals surface area contributed by atoms with Crippen molar-refractivity contribution >= 4 is 11.8 Å². The van der Waals surface area contributed by atoms with Crippen LogP contribution < -0.4 is 10.1 Å². The minimum absolute atomic E-state index is 0.109. The largest absolute Gasteiger partial charge is 0.484 e. The van der Waals surface area contributed by atoms with E-state index < -0.39 is 6.04 Å². The SMILES string of the molecule is CCC(C(=O)NC)N(Cc1ccc(C)cc1)C(=O)COc1ccc(C)cc1. The third kappa shape index (κ3) is 5.84. The molecular weight excluding hydrogens is 340 g/mol. The minimum atomic E-state index is -0.537. The van der Waals surface area contributed by atoms with Gasteiger partial charge in [0.05, 0.1) is 0 Å². The van der Waals surface area contributed by atoms with Crippen LogP contribution in [0.3, 0.4) is 0 Å². The van der Waals surface area contributed by atoms with Crippen LogP contribution >= 0.6 is 0 Å². The van der Waals surface area contributed by atoms with Gasteiger partial charge in [0.25, 0.3) is 5.91 Å². The van der Waals surface area contributed by atoms with Crippen LogP contribution in [0.5, 0.6) is 5.75 Å². The Morgan fingerprint density at radius 2 is 1.56 bits per heavy atom. The Bertz CT molecular complexity index is 754. The summed E-state index contributed by atoms with van der Waals surface area (Å²) in [6.45, 7) is 6.16. The zero-order valence-electron chi connectivity index (χ0n) is 16.5. The molecule has 2 rings (SSSR count). The van der Waals surface area contributed by atoms with Crippen LogP contribution in [0.15, 0.2) is 48.5 Å². The number of nitrogens with zero attached hydrogens (tertiary/aromatic N) is 1. The van der Waals surface area contributed by atoms with Crippen molar-refractivity contribution in [2.24, 2.45) is 0 Å². The van der Waals surface area contributed by atoms with Gasteiger partial charge < -0.3 is 15.0 Å². The quantitative estimate of drug-likeness (QED) is 0.778. The fraction of sp³-hybridized carbons (Fsp3) is 0.364. The predicted molar refractivity (Wildman–Crippen MR) is 107 cm³/mol. The Hall–Kier alpha value is -2.82. The molecule has 0 aliphatic carbocycles. The van der Waals surface area contributed by atoms with Gasteiger partial charge in [0.1, 0.15) is 11.8 Å². The molecule has 0 saturated carbocycles. The van der Waals surface area contributed by atoms with Crippen LogP contribution in [0.25, 0.3) is 0 Å². The molecule has 5 nitrogen and oxygen atoms in total. The number of aryl methyl sites for hydroxylation is 2. The van der Waals surface area contributed by atoms with Gasteiger partial charge in [0.15, 0.2) is 6.61 Å². The van der Waals surface area contributed by atoms with E-state index in [4.69, 9.17) is 4.74 Å². The normalized spacial score (nSPS) is 11.6. The van der Waals surface area contributed by atoms with E-state index >= 15 is 0 Å². The first-order valence-electron chi connectivity index (χ1n) is 9.20. The first-order chi connectivity index (χ1) is 12.9.